The standard InChI is InChI=1S/C17H13BrF4N2O2/c18-15-10-8-23-24(13-3-1-2-6-25-13)12(10)7-9-4-5-11(19)16(14(9)15)26-17(20,21)22/h4-5,7-8,13H,1-3,6H2. The zero-order valence-corrected chi connectivity index (χ0v) is 14.9. The topological polar surface area (TPSA) is 36.3 Å². The normalized spacial score (nSPS) is 18.6. The first-order chi connectivity index (χ1) is 12.3. The van der Waals surface area contributed by atoms with Crippen molar-refractivity contribution in [3.05, 3.63) is 34.7 Å². The van der Waals surface area contributed by atoms with Gasteiger partial charge in [0.15, 0.2) is 17.8 Å². The van der Waals surface area contributed by atoms with Crippen LogP contribution in [0, 0.1) is 5.82 Å². The van der Waals surface area contributed by atoms with E-state index >= 15 is 0 Å². The second-order valence-electron chi connectivity index (χ2n) is 6.06. The van der Waals surface area contributed by atoms with E-state index in [1.54, 1.807) is 10.7 Å². The van der Waals surface area contributed by atoms with Crippen molar-refractivity contribution in [2.24, 2.45) is 0 Å². The molecule has 0 bridgehead atoms. The first-order valence-corrected chi connectivity index (χ1v) is 8.80. The predicted octanol–water partition coefficient (Wildman–Crippen LogP) is 5.69. The number of hydrogen-bond acceptors (Lipinski definition) is 3. The lowest BCUT2D eigenvalue weighted by molar-refractivity contribution is -0.275. The van der Waals surface area contributed by atoms with Crippen molar-refractivity contribution in [3.63, 3.8) is 0 Å². The first kappa shape index (κ1) is 17.5. The van der Waals surface area contributed by atoms with E-state index in [2.05, 4.69) is 25.8 Å². The highest BCUT2D eigenvalue weighted by Gasteiger charge is 2.34. The number of fused-ring (bicyclic) bond motifs is 2. The lowest BCUT2D eigenvalue weighted by atomic mass is 10.1. The highest BCUT2D eigenvalue weighted by molar-refractivity contribution is 9.10. The highest BCUT2D eigenvalue weighted by Crippen LogP contribution is 2.42. The fraction of sp³-hybridized carbons (Fsp3) is 0.353. The van der Waals surface area contributed by atoms with E-state index in [9.17, 15) is 17.6 Å². The largest absolute Gasteiger partial charge is 0.573 e. The molecule has 0 aliphatic carbocycles. The quantitative estimate of drug-likeness (QED) is 0.488. The molecular weight excluding hydrogens is 420 g/mol. The molecule has 138 valence electrons. The Kier molecular flexibility index (Phi) is 4.31. The van der Waals surface area contributed by atoms with Crippen LogP contribution >= 0.6 is 15.9 Å². The average Bonchev–Trinajstić information content (AvgIpc) is 3.01. The molecule has 2 aromatic carbocycles. The van der Waals surface area contributed by atoms with Crippen LogP contribution in [0.5, 0.6) is 5.75 Å². The number of benzene rings is 2. The summed E-state index contributed by atoms with van der Waals surface area (Å²) in [5.74, 6) is -1.94. The van der Waals surface area contributed by atoms with Crippen molar-refractivity contribution in [1.29, 1.82) is 0 Å². The van der Waals surface area contributed by atoms with Gasteiger partial charge in [-0.05, 0) is 52.7 Å². The van der Waals surface area contributed by atoms with Gasteiger partial charge >= 0.3 is 6.36 Å². The third-order valence-corrected chi connectivity index (χ3v) is 5.19. The Hall–Kier alpha value is -1.87. The zero-order valence-electron chi connectivity index (χ0n) is 13.3. The summed E-state index contributed by atoms with van der Waals surface area (Å²) in [4.78, 5) is 0. The Labute approximate surface area is 153 Å². The van der Waals surface area contributed by atoms with Gasteiger partial charge < -0.3 is 9.47 Å². The minimum Gasteiger partial charge on any atom is -0.402 e. The van der Waals surface area contributed by atoms with Crippen LogP contribution in [-0.4, -0.2) is 22.7 Å². The summed E-state index contributed by atoms with van der Waals surface area (Å²) in [6.45, 7) is 0.634. The van der Waals surface area contributed by atoms with Crippen molar-refractivity contribution in [2.75, 3.05) is 6.61 Å². The summed E-state index contributed by atoms with van der Waals surface area (Å²) in [5, 5.41) is 5.31. The first-order valence-electron chi connectivity index (χ1n) is 8.00. The van der Waals surface area contributed by atoms with E-state index in [4.69, 9.17) is 4.74 Å². The number of hydrogen-bond donors (Lipinski definition) is 0. The van der Waals surface area contributed by atoms with Gasteiger partial charge in [-0.1, -0.05) is 6.07 Å². The summed E-state index contributed by atoms with van der Waals surface area (Å²) in [6, 6.07) is 4.04. The molecule has 26 heavy (non-hydrogen) atoms. The molecule has 4 nitrogen and oxygen atoms in total. The Morgan fingerprint density at radius 1 is 1.27 bits per heavy atom. The molecule has 1 saturated heterocycles. The summed E-state index contributed by atoms with van der Waals surface area (Å²) < 4.78 is 63.8. The molecule has 1 aliphatic rings. The van der Waals surface area contributed by atoms with E-state index in [-0.39, 0.29) is 11.6 Å². The molecule has 1 aromatic heterocycles. The van der Waals surface area contributed by atoms with Crippen LogP contribution in [0.3, 0.4) is 0 Å². The molecule has 0 N–H and O–H groups in total. The van der Waals surface area contributed by atoms with Crippen LogP contribution in [0.4, 0.5) is 17.6 Å². The number of ether oxygens (including phenoxy) is 2. The van der Waals surface area contributed by atoms with Crippen LogP contribution in [0.25, 0.3) is 21.7 Å². The fourth-order valence-corrected chi connectivity index (χ4v) is 3.96. The van der Waals surface area contributed by atoms with Crippen LogP contribution < -0.4 is 4.74 Å². The van der Waals surface area contributed by atoms with E-state index in [0.29, 0.717) is 27.4 Å². The van der Waals surface area contributed by atoms with Crippen molar-refractivity contribution in [1.82, 2.24) is 9.78 Å². The number of halogens is 5. The maximum atomic E-state index is 14.0. The molecule has 1 unspecified atom stereocenters. The molecule has 0 amide bonds. The van der Waals surface area contributed by atoms with Gasteiger partial charge in [0.05, 0.1) is 11.7 Å². The Morgan fingerprint density at radius 2 is 2.08 bits per heavy atom. The minimum absolute atomic E-state index is 0.0129. The Balaban J connectivity index is 1.93. The van der Waals surface area contributed by atoms with Gasteiger partial charge in [-0.15, -0.1) is 13.2 Å². The molecular formula is C17H13BrF4N2O2. The van der Waals surface area contributed by atoms with Crippen LogP contribution in [-0.2, 0) is 4.74 Å². The molecule has 4 rings (SSSR count). The van der Waals surface area contributed by atoms with Crippen molar-refractivity contribution in [2.45, 2.75) is 31.9 Å². The molecule has 2 heterocycles. The molecule has 1 fully saturated rings. The van der Waals surface area contributed by atoms with E-state index < -0.39 is 17.9 Å². The van der Waals surface area contributed by atoms with Crippen LogP contribution in [0.15, 0.2) is 28.9 Å². The maximum Gasteiger partial charge on any atom is 0.573 e. The molecule has 9 heteroatoms. The fourth-order valence-electron chi connectivity index (χ4n) is 3.25. The van der Waals surface area contributed by atoms with Gasteiger partial charge in [0, 0.05) is 21.9 Å². The summed E-state index contributed by atoms with van der Waals surface area (Å²) in [7, 11) is 0. The van der Waals surface area contributed by atoms with Gasteiger partial charge in [0.25, 0.3) is 0 Å². The summed E-state index contributed by atoms with van der Waals surface area (Å²) in [5.41, 5.74) is 0.695. The lowest BCUT2D eigenvalue weighted by Gasteiger charge is -2.23. The van der Waals surface area contributed by atoms with E-state index in [1.807, 2.05) is 0 Å². The Morgan fingerprint density at radius 3 is 2.77 bits per heavy atom. The summed E-state index contributed by atoms with van der Waals surface area (Å²) >= 11 is 3.30. The molecule has 1 atom stereocenters. The third kappa shape index (κ3) is 3.03. The van der Waals surface area contributed by atoms with Gasteiger partial charge in [0.1, 0.15) is 0 Å². The molecule has 0 spiro atoms. The molecule has 3 aromatic rings. The number of nitrogens with zero attached hydrogens (tertiary/aromatic N) is 2. The van der Waals surface area contributed by atoms with Gasteiger partial charge in [-0.3, -0.25) is 0 Å². The average molecular weight is 433 g/mol. The zero-order chi connectivity index (χ0) is 18.5. The van der Waals surface area contributed by atoms with Crippen LogP contribution in [0.1, 0.15) is 25.5 Å². The number of alkyl halides is 3. The van der Waals surface area contributed by atoms with E-state index in [0.717, 1.165) is 25.3 Å². The Bertz CT molecular complexity index is 980. The lowest BCUT2D eigenvalue weighted by Crippen LogP contribution is -2.19. The number of aromatic nitrogens is 2. The molecule has 0 saturated carbocycles. The maximum absolute atomic E-state index is 14.0. The third-order valence-electron chi connectivity index (χ3n) is 4.37. The van der Waals surface area contributed by atoms with Gasteiger partial charge in [-0.2, -0.15) is 5.10 Å². The monoisotopic (exact) mass is 432 g/mol. The number of rotatable bonds is 2. The van der Waals surface area contributed by atoms with Crippen molar-refractivity contribution in [3.8, 4) is 5.75 Å². The second kappa shape index (κ2) is 6.38. The van der Waals surface area contributed by atoms with Gasteiger partial charge in [-0.25, -0.2) is 9.07 Å². The predicted molar refractivity (Wildman–Crippen MR) is 90.4 cm³/mol. The van der Waals surface area contributed by atoms with Crippen molar-refractivity contribution >= 4 is 37.6 Å². The van der Waals surface area contributed by atoms with Crippen molar-refractivity contribution < 1.29 is 27.0 Å². The highest BCUT2D eigenvalue weighted by atomic mass is 79.9. The smallest absolute Gasteiger partial charge is 0.402 e. The van der Waals surface area contributed by atoms with E-state index in [1.165, 1.54) is 12.3 Å². The minimum atomic E-state index is -5.00. The molecule has 1 aliphatic heterocycles. The second-order valence-corrected chi connectivity index (χ2v) is 6.85. The summed E-state index contributed by atoms with van der Waals surface area (Å²) in [6.07, 6.45) is -0.895. The SMILES string of the molecule is Fc1ccc2cc3c(cnn3C3CCCCO3)c(Br)c2c1OC(F)(F)F. The molecule has 0 radical (unpaired) electrons. The van der Waals surface area contributed by atoms with Crippen LogP contribution in [0.2, 0.25) is 0 Å². The van der Waals surface area contributed by atoms with Gasteiger partial charge in [0.2, 0.25) is 0 Å².